The lowest BCUT2D eigenvalue weighted by Gasteiger charge is -2.16. The summed E-state index contributed by atoms with van der Waals surface area (Å²) in [6, 6.07) is 2.24. The van der Waals surface area contributed by atoms with Gasteiger partial charge in [-0.25, -0.2) is 9.97 Å². The second kappa shape index (κ2) is 5.42. The van der Waals surface area contributed by atoms with Gasteiger partial charge in [-0.3, -0.25) is 4.79 Å². The third-order valence-electron chi connectivity index (χ3n) is 3.45. The summed E-state index contributed by atoms with van der Waals surface area (Å²) in [5, 5.41) is 9.44. The molecule has 6 nitrogen and oxygen atoms in total. The zero-order valence-corrected chi connectivity index (χ0v) is 10.9. The fourth-order valence-electron chi connectivity index (χ4n) is 2.21. The Balaban J connectivity index is 1.65. The van der Waals surface area contributed by atoms with Crippen LogP contribution >= 0.6 is 0 Å². The summed E-state index contributed by atoms with van der Waals surface area (Å²) in [4.78, 5) is 20.2. The minimum Gasteiger partial charge on any atom is -0.367 e. The molecule has 1 amide bonds. The molecule has 1 aromatic heterocycles. The lowest BCUT2D eigenvalue weighted by atomic mass is 10.1. The van der Waals surface area contributed by atoms with Gasteiger partial charge in [-0.05, 0) is 32.1 Å². The molecule has 1 atom stereocenters. The first-order valence-electron chi connectivity index (χ1n) is 6.94. The standard InChI is InChI=1S/C13H19N5O/c19-13-10(3-1-2-6-14-13)18-12-7-11(15-8-16-12)17-9-4-5-9/h7-10H,1-6H2,(H,14,19)(H2,15,16,17,18)/t10-/m0/s1. The van der Waals surface area contributed by atoms with Gasteiger partial charge in [-0.1, -0.05) is 0 Å². The molecule has 1 saturated heterocycles. The molecular formula is C13H19N5O. The van der Waals surface area contributed by atoms with Gasteiger partial charge in [-0.15, -0.1) is 0 Å². The highest BCUT2D eigenvalue weighted by atomic mass is 16.2. The summed E-state index contributed by atoms with van der Waals surface area (Å²) in [6.07, 6.45) is 6.88. The van der Waals surface area contributed by atoms with E-state index in [-0.39, 0.29) is 11.9 Å². The van der Waals surface area contributed by atoms with Gasteiger partial charge in [0.05, 0.1) is 0 Å². The fourth-order valence-corrected chi connectivity index (χ4v) is 2.21. The third-order valence-corrected chi connectivity index (χ3v) is 3.45. The zero-order valence-electron chi connectivity index (χ0n) is 10.9. The largest absolute Gasteiger partial charge is 0.367 e. The molecule has 0 spiro atoms. The van der Waals surface area contributed by atoms with Crippen LogP contribution in [0.2, 0.25) is 0 Å². The second-order valence-electron chi connectivity index (χ2n) is 5.19. The number of hydrogen-bond acceptors (Lipinski definition) is 5. The van der Waals surface area contributed by atoms with Crippen LogP contribution in [0.3, 0.4) is 0 Å². The molecule has 0 unspecified atom stereocenters. The summed E-state index contributed by atoms with van der Waals surface area (Å²) < 4.78 is 0. The number of anilines is 2. The van der Waals surface area contributed by atoms with Crippen molar-refractivity contribution in [1.29, 1.82) is 0 Å². The molecule has 6 heteroatoms. The Labute approximate surface area is 112 Å². The molecule has 19 heavy (non-hydrogen) atoms. The van der Waals surface area contributed by atoms with Gasteiger partial charge >= 0.3 is 0 Å². The maximum Gasteiger partial charge on any atom is 0.242 e. The Morgan fingerprint density at radius 2 is 1.89 bits per heavy atom. The molecule has 1 aliphatic carbocycles. The van der Waals surface area contributed by atoms with E-state index in [1.807, 2.05) is 6.07 Å². The zero-order chi connectivity index (χ0) is 13.1. The van der Waals surface area contributed by atoms with Gasteiger partial charge in [-0.2, -0.15) is 0 Å². The van der Waals surface area contributed by atoms with E-state index in [2.05, 4.69) is 25.9 Å². The van der Waals surface area contributed by atoms with Gasteiger partial charge < -0.3 is 16.0 Å². The van der Waals surface area contributed by atoms with Gasteiger partial charge in [0.15, 0.2) is 0 Å². The predicted octanol–water partition coefficient (Wildman–Crippen LogP) is 1.13. The van der Waals surface area contributed by atoms with Crippen LogP contribution < -0.4 is 16.0 Å². The van der Waals surface area contributed by atoms with Crippen LogP contribution in [-0.2, 0) is 4.79 Å². The van der Waals surface area contributed by atoms with Crippen LogP contribution in [0.1, 0.15) is 32.1 Å². The second-order valence-corrected chi connectivity index (χ2v) is 5.19. The molecule has 1 saturated carbocycles. The monoisotopic (exact) mass is 261 g/mol. The molecule has 2 fully saturated rings. The summed E-state index contributed by atoms with van der Waals surface area (Å²) in [6.45, 7) is 0.773. The molecule has 3 rings (SSSR count). The number of carbonyl (C=O) groups excluding carboxylic acids is 1. The van der Waals surface area contributed by atoms with Gasteiger partial charge in [0.25, 0.3) is 0 Å². The molecule has 1 aliphatic heterocycles. The van der Waals surface area contributed by atoms with Crippen molar-refractivity contribution in [3.63, 3.8) is 0 Å². The number of hydrogen-bond donors (Lipinski definition) is 3. The third kappa shape index (κ3) is 3.33. The first kappa shape index (κ1) is 12.2. The van der Waals surface area contributed by atoms with E-state index < -0.39 is 0 Å². The number of nitrogens with one attached hydrogen (secondary N) is 3. The van der Waals surface area contributed by atoms with Crippen LogP contribution in [0.5, 0.6) is 0 Å². The van der Waals surface area contributed by atoms with Gasteiger partial charge in [0.1, 0.15) is 24.0 Å². The Morgan fingerprint density at radius 1 is 1.11 bits per heavy atom. The fraction of sp³-hybridized carbons (Fsp3) is 0.615. The van der Waals surface area contributed by atoms with E-state index in [9.17, 15) is 4.79 Å². The van der Waals surface area contributed by atoms with Crippen molar-refractivity contribution >= 4 is 17.5 Å². The van der Waals surface area contributed by atoms with Crippen molar-refractivity contribution in [2.45, 2.75) is 44.2 Å². The summed E-state index contributed by atoms with van der Waals surface area (Å²) >= 11 is 0. The van der Waals surface area contributed by atoms with Crippen LogP contribution in [0, 0.1) is 0 Å². The molecule has 1 aromatic rings. The maximum atomic E-state index is 11.9. The van der Waals surface area contributed by atoms with Crippen LogP contribution in [-0.4, -0.2) is 34.5 Å². The number of amides is 1. The van der Waals surface area contributed by atoms with Gasteiger partial charge in [0.2, 0.25) is 5.91 Å². The average Bonchev–Trinajstić information content (AvgIpc) is 3.21. The molecule has 0 radical (unpaired) electrons. The van der Waals surface area contributed by atoms with Crippen LogP contribution in [0.4, 0.5) is 11.6 Å². The Hall–Kier alpha value is -1.85. The topological polar surface area (TPSA) is 78.9 Å². The minimum absolute atomic E-state index is 0.0628. The highest BCUT2D eigenvalue weighted by Gasteiger charge is 2.23. The van der Waals surface area contributed by atoms with Crippen molar-refractivity contribution < 1.29 is 4.79 Å². The van der Waals surface area contributed by atoms with E-state index in [0.29, 0.717) is 11.9 Å². The molecule has 3 N–H and O–H groups in total. The van der Waals surface area contributed by atoms with Crippen molar-refractivity contribution in [2.24, 2.45) is 0 Å². The lowest BCUT2D eigenvalue weighted by Crippen LogP contribution is -2.38. The lowest BCUT2D eigenvalue weighted by molar-refractivity contribution is -0.121. The predicted molar refractivity (Wildman–Crippen MR) is 72.9 cm³/mol. The quantitative estimate of drug-likeness (QED) is 0.757. The molecule has 102 valence electrons. The maximum absolute atomic E-state index is 11.9. The first-order chi connectivity index (χ1) is 9.31. The SMILES string of the molecule is O=C1NCCCC[C@@H]1Nc1cc(NC2CC2)ncn1. The first-order valence-corrected chi connectivity index (χ1v) is 6.94. The van der Waals surface area contributed by atoms with Crippen molar-refractivity contribution in [3.8, 4) is 0 Å². The number of nitrogens with zero attached hydrogens (tertiary/aromatic N) is 2. The normalized spacial score (nSPS) is 23.4. The molecule has 0 aromatic carbocycles. The number of aromatic nitrogens is 2. The highest BCUT2D eigenvalue weighted by Crippen LogP contribution is 2.24. The Kier molecular flexibility index (Phi) is 3.48. The smallest absolute Gasteiger partial charge is 0.242 e. The molecule has 2 aliphatic rings. The van der Waals surface area contributed by atoms with Crippen LogP contribution in [0.15, 0.2) is 12.4 Å². The van der Waals surface area contributed by atoms with Crippen LogP contribution in [0.25, 0.3) is 0 Å². The van der Waals surface area contributed by atoms with E-state index >= 15 is 0 Å². The van der Waals surface area contributed by atoms with E-state index in [1.165, 1.54) is 19.2 Å². The summed E-state index contributed by atoms with van der Waals surface area (Å²) in [5.41, 5.74) is 0. The van der Waals surface area contributed by atoms with Gasteiger partial charge in [0, 0.05) is 18.7 Å². The average molecular weight is 261 g/mol. The Morgan fingerprint density at radius 3 is 2.68 bits per heavy atom. The molecule has 2 heterocycles. The molecule has 0 bridgehead atoms. The number of carbonyl (C=O) groups is 1. The molecular weight excluding hydrogens is 242 g/mol. The minimum atomic E-state index is -0.189. The Bertz CT molecular complexity index is 460. The van der Waals surface area contributed by atoms with Crippen molar-refractivity contribution in [2.75, 3.05) is 17.2 Å². The van der Waals surface area contributed by atoms with Crippen molar-refractivity contribution in [1.82, 2.24) is 15.3 Å². The van der Waals surface area contributed by atoms with E-state index in [0.717, 1.165) is 31.6 Å². The van der Waals surface area contributed by atoms with E-state index in [1.54, 1.807) is 0 Å². The highest BCUT2D eigenvalue weighted by molar-refractivity contribution is 5.84. The van der Waals surface area contributed by atoms with E-state index in [4.69, 9.17) is 0 Å². The summed E-state index contributed by atoms with van der Waals surface area (Å²) in [7, 11) is 0. The number of rotatable bonds is 4. The summed E-state index contributed by atoms with van der Waals surface area (Å²) in [5.74, 6) is 1.60. The van der Waals surface area contributed by atoms with Crippen molar-refractivity contribution in [3.05, 3.63) is 12.4 Å².